The number of thiophene rings is 1. The fourth-order valence-corrected chi connectivity index (χ4v) is 3.01. The van der Waals surface area contributed by atoms with Crippen LogP contribution in [0.4, 0.5) is 5.00 Å². The van der Waals surface area contributed by atoms with Crippen LogP contribution in [0.1, 0.15) is 25.6 Å². The van der Waals surface area contributed by atoms with Crippen LogP contribution in [0.2, 0.25) is 0 Å². The lowest BCUT2D eigenvalue weighted by Crippen LogP contribution is -2.46. The third-order valence-electron chi connectivity index (χ3n) is 3.05. The third kappa shape index (κ3) is 3.06. The first kappa shape index (κ1) is 14.6. The van der Waals surface area contributed by atoms with Gasteiger partial charge in [0.15, 0.2) is 0 Å². The van der Waals surface area contributed by atoms with Crippen molar-refractivity contribution >= 4 is 16.3 Å². The lowest BCUT2D eigenvalue weighted by molar-refractivity contribution is -0.380. The fraction of sp³-hybridized carbons (Fsp3) is 0.583. The van der Waals surface area contributed by atoms with Crippen LogP contribution >= 0.6 is 11.3 Å². The molecule has 0 amide bonds. The van der Waals surface area contributed by atoms with Crippen LogP contribution in [-0.4, -0.2) is 28.5 Å². The van der Waals surface area contributed by atoms with E-state index in [-0.39, 0.29) is 5.00 Å². The number of nitrogens with zero attached hydrogens (tertiary/aromatic N) is 3. The first-order chi connectivity index (χ1) is 8.46. The SMILES string of the molecule is CCN(CC)C(C)(C#N)Cc1ccc([N+](=O)[O-])s1. The normalized spacial score (nSPS) is 14.2. The van der Waals surface area contributed by atoms with Crippen LogP contribution < -0.4 is 0 Å². The molecule has 98 valence electrons. The number of hydrogen-bond acceptors (Lipinski definition) is 5. The Bertz CT molecular complexity index is 462. The molecule has 0 saturated carbocycles. The van der Waals surface area contributed by atoms with Gasteiger partial charge >= 0.3 is 5.00 Å². The summed E-state index contributed by atoms with van der Waals surface area (Å²) in [6.45, 7) is 7.47. The van der Waals surface area contributed by atoms with Gasteiger partial charge in [0.1, 0.15) is 5.54 Å². The van der Waals surface area contributed by atoms with Crippen molar-refractivity contribution in [3.63, 3.8) is 0 Å². The molecule has 6 heteroatoms. The minimum atomic E-state index is -0.609. The quantitative estimate of drug-likeness (QED) is 0.587. The van der Waals surface area contributed by atoms with Gasteiger partial charge in [0.2, 0.25) is 0 Å². The molecule has 0 spiro atoms. The van der Waals surface area contributed by atoms with Crippen molar-refractivity contribution in [1.29, 1.82) is 5.26 Å². The molecular formula is C12H17N3O2S. The zero-order valence-corrected chi connectivity index (χ0v) is 11.7. The lowest BCUT2D eigenvalue weighted by atomic mass is 9.96. The van der Waals surface area contributed by atoms with Gasteiger partial charge in [0.05, 0.1) is 11.0 Å². The van der Waals surface area contributed by atoms with Crippen molar-refractivity contribution in [2.24, 2.45) is 0 Å². The van der Waals surface area contributed by atoms with Gasteiger partial charge in [0.25, 0.3) is 0 Å². The number of rotatable bonds is 6. The maximum atomic E-state index is 10.6. The monoisotopic (exact) mass is 267 g/mol. The van der Waals surface area contributed by atoms with E-state index < -0.39 is 10.5 Å². The summed E-state index contributed by atoms with van der Waals surface area (Å²) in [4.78, 5) is 13.2. The maximum Gasteiger partial charge on any atom is 0.324 e. The number of nitro groups is 1. The Balaban J connectivity index is 2.91. The lowest BCUT2D eigenvalue weighted by Gasteiger charge is -2.34. The van der Waals surface area contributed by atoms with Crippen LogP contribution in [0.5, 0.6) is 0 Å². The standard InChI is InChI=1S/C12H17N3O2S/c1-4-14(5-2)12(3,9-13)8-10-6-7-11(18-10)15(16)17/h6-7H,4-5,8H2,1-3H3. The molecule has 0 fully saturated rings. The van der Waals surface area contributed by atoms with Gasteiger partial charge in [-0.15, -0.1) is 0 Å². The summed E-state index contributed by atoms with van der Waals surface area (Å²) in [5.74, 6) is 0. The van der Waals surface area contributed by atoms with Crippen LogP contribution in [0.3, 0.4) is 0 Å². The van der Waals surface area contributed by atoms with E-state index in [2.05, 4.69) is 11.0 Å². The Kier molecular flexibility index (Phi) is 4.82. The number of nitriles is 1. The predicted octanol–water partition coefficient (Wildman–Crippen LogP) is 2.82. The van der Waals surface area contributed by atoms with Gasteiger partial charge in [-0.2, -0.15) is 5.26 Å². The summed E-state index contributed by atoms with van der Waals surface area (Å²) in [5.41, 5.74) is -0.609. The highest BCUT2D eigenvalue weighted by molar-refractivity contribution is 7.15. The average Bonchev–Trinajstić information content (AvgIpc) is 2.79. The van der Waals surface area contributed by atoms with Crippen LogP contribution in [0, 0.1) is 21.4 Å². The minimum absolute atomic E-state index is 0.129. The third-order valence-corrected chi connectivity index (χ3v) is 4.09. The van der Waals surface area contributed by atoms with E-state index in [1.807, 2.05) is 20.8 Å². The first-order valence-electron chi connectivity index (χ1n) is 5.86. The molecule has 0 aromatic carbocycles. The van der Waals surface area contributed by atoms with E-state index in [1.165, 1.54) is 6.07 Å². The molecule has 18 heavy (non-hydrogen) atoms. The second kappa shape index (κ2) is 5.94. The summed E-state index contributed by atoms with van der Waals surface area (Å²) < 4.78 is 0. The zero-order valence-electron chi connectivity index (χ0n) is 10.8. The molecule has 1 unspecified atom stereocenters. The predicted molar refractivity (Wildman–Crippen MR) is 71.6 cm³/mol. The highest BCUT2D eigenvalue weighted by Gasteiger charge is 2.31. The van der Waals surface area contributed by atoms with Gasteiger partial charge in [-0.05, 0) is 26.1 Å². The van der Waals surface area contributed by atoms with Crippen molar-refractivity contribution < 1.29 is 4.92 Å². The molecule has 0 saturated heterocycles. The summed E-state index contributed by atoms with van der Waals surface area (Å²) >= 11 is 1.14. The Morgan fingerprint density at radius 1 is 1.50 bits per heavy atom. The van der Waals surface area contributed by atoms with Gasteiger partial charge in [-0.1, -0.05) is 25.2 Å². The molecule has 0 aliphatic carbocycles. The van der Waals surface area contributed by atoms with Crippen LogP contribution in [-0.2, 0) is 6.42 Å². The van der Waals surface area contributed by atoms with E-state index in [0.717, 1.165) is 29.3 Å². The summed E-state index contributed by atoms with van der Waals surface area (Å²) in [7, 11) is 0. The minimum Gasteiger partial charge on any atom is -0.286 e. The molecule has 1 aromatic heterocycles. The Labute approximate surface area is 111 Å². The van der Waals surface area contributed by atoms with Crippen molar-refractivity contribution in [2.45, 2.75) is 32.7 Å². The van der Waals surface area contributed by atoms with E-state index in [9.17, 15) is 15.4 Å². The number of likely N-dealkylation sites (N-methyl/N-ethyl adjacent to an activating group) is 1. The molecule has 0 N–H and O–H groups in total. The molecule has 5 nitrogen and oxygen atoms in total. The molecule has 1 heterocycles. The molecular weight excluding hydrogens is 250 g/mol. The molecule has 1 aromatic rings. The van der Waals surface area contributed by atoms with Gasteiger partial charge in [0, 0.05) is 17.4 Å². The van der Waals surface area contributed by atoms with E-state index in [1.54, 1.807) is 6.07 Å². The molecule has 1 atom stereocenters. The molecule has 0 aliphatic rings. The van der Waals surface area contributed by atoms with Crippen molar-refractivity contribution in [1.82, 2.24) is 4.90 Å². The molecule has 0 bridgehead atoms. The highest BCUT2D eigenvalue weighted by Crippen LogP contribution is 2.29. The smallest absolute Gasteiger partial charge is 0.286 e. The first-order valence-corrected chi connectivity index (χ1v) is 6.68. The Hall–Kier alpha value is -1.45. The van der Waals surface area contributed by atoms with Crippen LogP contribution in [0.15, 0.2) is 12.1 Å². The van der Waals surface area contributed by atoms with Crippen molar-refractivity contribution in [2.75, 3.05) is 13.1 Å². The van der Waals surface area contributed by atoms with E-state index in [4.69, 9.17) is 0 Å². The molecule has 0 aliphatic heterocycles. The maximum absolute atomic E-state index is 10.6. The van der Waals surface area contributed by atoms with Gasteiger partial charge in [-0.3, -0.25) is 15.0 Å². The van der Waals surface area contributed by atoms with E-state index >= 15 is 0 Å². The zero-order chi connectivity index (χ0) is 13.8. The topological polar surface area (TPSA) is 70.2 Å². The Morgan fingerprint density at radius 2 is 2.11 bits per heavy atom. The second-order valence-electron chi connectivity index (χ2n) is 4.23. The van der Waals surface area contributed by atoms with Crippen molar-refractivity contribution in [3.05, 3.63) is 27.1 Å². The van der Waals surface area contributed by atoms with Crippen molar-refractivity contribution in [3.8, 4) is 6.07 Å². The van der Waals surface area contributed by atoms with Gasteiger partial charge < -0.3 is 0 Å². The second-order valence-corrected chi connectivity index (χ2v) is 5.38. The average molecular weight is 267 g/mol. The van der Waals surface area contributed by atoms with E-state index in [0.29, 0.717) is 6.42 Å². The molecule has 1 rings (SSSR count). The van der Waals surface area contributed by atoms with Gasteiger partial charge in [-0.25, -0.2) is 0 Å². The van der Waals surface area contributed by atoms with Crippen LogP contribution in [0.25, 0.3) is 0 Å². The largest absolute Gasteiger partial charge is 0.324 e. The summed E-state index contributed by atoms with van der Waals surface area (Å²) in [6, 6.07) is 5.57. The summed E-state index contributed by atoms with van der Waals surface area (Å²) in [6.07, 6.45) is 0.518. The number of hydrogen-bond donors (Lipinski definition) is 0. The highest BCUT2D eigenvalue weighted by atomic mass is 32.1. The Morgan fingerprint density at radius 3 is 2.50 bits per heavy atom. The fourth-order valence-electron chi connectivity index (χ4n) is 2.04. The molecule has 0 radical (unpaired) electrons. The summed E-state index contributed by atoms with van der Waals surface area (Å²) in [5, 5.41) is 20.1.